The van der Waals surface area contributed by atoms with Crippen LogP contribution in [0.3, 0.4) is 0 Å². The monoisotopic (exact) mass is 430 g/mol. The van der Waals surface area contributed by atoms with Crippen LogP contribution in [0.15, 0.2) is 0 Å². The standard InChI is InChI=1S/C22H42O6Si/c1-20(2,3)26-18(24)14-12-16(23)17(28-29(10,11)22(7,8)9)13-15(14)19(25)27-21(4,5)6/h14-17,23H,12-13H2,1-11H3/t14-,15-,16+,17+/m0/s1. The van der Waals surface area contributed by atoms with Crippen LogP contribution in [0, 0.1) is 11.8 Å². The summed E-state index contributed by atoms with van der Waals surface area (Å²) in [4.78, 5) is 25.8. The number of carbonyl (C=O) groups excluding carboxylic acids is 2. The molecule has 0 aromatic heterocycles. The minimum atomic E-state index is -2.16. The van der Waals surface area contributed by atoms with Gasteiger partial charge in [-0.05, 0) is 72.5 Å². The van der Waals surface area contributed by atoms with Crippen LogP contribution < -0.4 is 0 Å². The van der Waals surface area contributed by atoms with E-state index in [0.29, 0.717) is 0 Å². The third-order valence-electron chi connectivity index (χ3n) is 5.57. The van der Waals surface area contributed by atoms with Crippen LogP contribution in [0.25, 0.3) is 0 Å². The minimum absolute atomic E-state index is 0.0316. The second kappa shape index (κ2) is 8.67. The molecule has 29 heavy (non-hydrogen) atoms. The average molecular weight is 431 g/mol. The quantitative estimate of drug-likeness (QED) is 0.524. The molecule has 7 heteroatoms. The number of aliphatic hydroxyl groups is 1. The van der Waals surface area contributed by atoms with Crippen LogP contribution in [0.4, 0.5) is 0 Å². The lowest BCUT2D eigenvalue weighted by Crippen LogP contribution is -2.53. The van der Waals surface area contributed by atoms with Gasteiger partial charge in [0, 0.05) is 0 Å². The van der Waals surface area contributed by atoms with Gasteiger partial charge in [-0.15, -0.1) is 0 Å². The molecule has 0 heterocycles. The smallest absolute Gasteiger partial charge is 0.310 e. The van der Waals surface area contributed by atoms with Crippen molar-refractivity contribution in [2.75, 3.05) is 0 Å². The highest BCUT2D eigenvalue weighted by molar-refractivity contribution is 6.74. The molecule has 0 radical (unpaired) electrons. The van der Waals surface area contributed by atoms with Crippen molar-refractivity contribution in [3.8, 4) is 0 Å². The van der Waals surface area contributed by atoms with Crippen LogP contribution >= 0.6 is 0 Å². The topological polar surface area (TPSA) is 82.1 Å². The molecule has 0 aliphatic heterocycles. The zero-order valence-corrected chi connectivity index (χ0v) is 21.2. The molecule has 1 aliphatic carbocycles. The van der Waals surface area contributed by atoms with E-state index < -0.39 is 55.5 Å². The molecule has 0 unspecified atom stereocenters. The summed E-state index contributed by atoms with van der Waals surface area (Å²) in [6.45, 7) is 21.4. The maximum Gasteiger partial charge on any atom is 0.310 e. The fraction of sp³-hybridized carbons (Fsp3) is 0.909. The molecule has 0 aromatic rings. The number of hydrogen-bond donors (Lipinski definition) is 1. The Hall–Kier alpha value is -0.923. The van der Waals surface area contributed by atoms with E-state index in [-0.39, 0.29) is 17.9 Å². The first-order valence-electron chi connectivity index (χ1n) is 10.5. The second-order valence-corrected chi connectivity index (χ2v) is 16.5. The van der Waals surface area contributed by atoms with E-state index in [1.165, 1.54) is 0 Å². The summed E-state index contributed by atoms with van der Waals surface area (Å²) in [5.74, 6) is -2.37. The van der Waals surface area contributed by atoms with E-state index in [1.807, 2.05) is 0 Å². The van der Waals surface area contributed by atoms with Crippen LogP contribution in [0.1, 0.15) is 75.2 Å². The second-order valence-electron chi connectivity index (χ2n) is 11.7. The molecule has 1 fully saturated rings. The van der Waals surface area contributed by atoms with Crippen molar-refractivity contribution >= 4 is 20.3 Å². The molecule has 0 bridgehead atoms. The van der Waals surface area contributed by atoms with Gasteiger partial charge in [-0.1, -0.05) is 20.8 Å². The Labute approximate surface area is 177 Å². The lowest BCUT2D eigenvalue weighted by atomic mass is 9.76. The van der Waals surface area contributed by atoms with E-state index in [4.69, 9.17) is 13.9 Å². The first kappa shape index (κ1) is 26.1. The summed E-state index contributed by atoms with van der Waals surface area (Å²) in [6, 6.07) is 0. The van der Waals surface area contributed by atoms with Crippen LogP contribution in [0.5, 0.6) is 0 Å². The van der Waals surface area contributed by atoms with Gasteiger partial charge in [0.15, 0.2) is 8.32 Å². The third-order valence-corrected chi connectivity index (χ3v) is 10.1. The molecule has 170 valence electrons. The maximum absolute atomic E-state index is 13.0. The van der Waals surface area contributed by atoms with Crippen molar-refractivity contribution in [3.05, 3.63) is 0 Å². The van der Waals surface area contributed by atoms with Crippen molar-refractivity contribution in [1.29, 1.82) is 0 Å². The van der Waals surface area contributed by atoms with Crippen molar-refractivity contribution in [3.63, 3.8) is 0 Å². The van der Waals surface area contributed by atoms with Gasteiger partial charge in [-0.3, -0.25) is 9.59 Å². The fourth-order valence-corrected chi connectivity index (χ4v) is 4.47. The summed E-state index contributed by atoms with van der Waals surface area (Å²) < 4.78 is 17.6. The van der Waals surface area contributed by atoms with E-state index in [1.54, 1.807) is 41.5 Å². The molecule has 0 saturated heterocycles. The first-order chi connectivity index (χ1) is 12.7. The Kier molecular flexibility index (Phi) is 7.81. The predicted molar refractivity (Wildman–Crippen MR) is 116 cm³/mol. The lowest BCUT2D eigenvalue weighted by Gasteiger charge is -2.44. The zero-order chi connectivity index (χ0) is 23.0. The highest BCUT2D eigenvalue weighted by Gasteiger charge is 2.49. The van der Waals surface area contributed by atoms with Crippen molar-refractivity contribution < 1.29 is 28.6 Å². The Balaban J connectivity index is 3.14. The van der Waals surface area contributed by atoms with E-state index in [2.05, 4.69) is 33.9 Å². The summed E-state index contributed by atoms with van der Waals surface area (Å²) in [5.41, 5.74) is -1.34. The number of rotatable bonds is 4. The van der Waals surface area contributed by atoms with Gasteiger partial charge < -0.3 is 19.0 Å². The molecule has 1 aliphatic rings. The zero-order valence-electron chi connectivity index (χ0n) is 20.2. The molecule has 1 rings (SSSR count). The lowest BCUT2D eigenvalue weighted by molar-refractivity contribution is -0.181. The number of esters is 2. The summed E-state index contributed by atoms with van der Waals surface area (Å²) in [6.07, 6.45) is -0.975. The molecule has 6 nitrogen and oxygen atoms in total. The van der Waals surface area contributed by atoms with Crippen LogP contribution in [-0.4, -0.2) is 48.8 Å². The van der Waals surface area contributed by atoms with Gasteiger partial charge in [0.25, 0.3) is 0 Å². The van der Waals surface area contributed by atoms with Gasteiger partial charge in [0.1, 0.15) is 11.2 Å². The molecule has 1 N–H and O–H groups in total. The van der Waals surface area contributed by atoms with Crippen LogP contribution in [0.2, 0.25) is 18.1 Å². The molecule has 1 saturated carbocycles. The van der Waals surface area contributed by atoms with Gasteiger partial charge in [-0.25, -0.2) is 0 Å². The third kappa shape index (κ3) is 7.68. The van der Waals surface area contributed by atoms with Gasteiger partial charge >= 0.3 is 11.9 Å². The largest absolute Gasteiger partial charge is 0.460 e. The molecular formula is C22H42O6Si. The summed E-state index contributed by atoms with van der Waals surface area (Å²) in [7, 11) is -2.16. The summed E-state index contributed by atoms with van der Waals surface area (Å²) >= 11 is 0. The Morgan fingerprint density at radius 2 is 1.17 bits per heavy atom. The van der Waals surface area contributed by atoms with Crippen molar-refractivity contribution in [2.45, 2.75) is 117 Å². The van der Waals surface area contributed by atoms with Crippen molar-refractivity contribution in [1.82, 2.24) is 0 Å². The van der Waals surface area contributed by atoms with E-state index in [0.717, 1.165) is 0 Å². The molecule has 0 amide bonds. The number of carbonyl (C=O) groups is 2. The minimum Gasteiger partial charge on any atom is -0.460 e. The highest BCUT2D eigenvalue weighted by Crippen LogP contribution is 2.42. The van der Waals surface area contributed by atoms with E-state index in [9.17, 15) is 14.7 Å². The molecule has 0 spiro atoms. The fourth-order valence-electron chi connectivity index (χ4n) is 3.11. The average Bonchev–Trinajstić information content (AvgIpc) is 2.43. The maximum atomic E-state index is 13.0. The van der Waals surface area contributed by atoms with Crippen molar-refractivity contribution in [2.24, 2.45) is 11.8 Å². The Morgan fingerprint density at radius 3 is 1.52 bits per heavy atom. The predicted octanol–water partition coefficient (Wildman–Crippen LogP) is 4.45. The number of ether oxygens (including phenoxy) is 2. The SMILES string of the molecule is CC(C)(C)OC(=O)[C@H]1C[C@@H](O)[C@H](O[Si](C)(C)C(C)(C)C)C[C@@H]1C(=O)OC(C)(C)C. The number of aliphatic hydroxyl groups excluding tert-OH is 1. The van der Waals surface area contributed by atoms with Gasteiger partial charge in [-0.2, -0.15) is 0 Å². The molecule has 4 atom stereocenters. The van der Waals surface area contributed by atoms with Gasteiger partial charge in [0.2, 0.25) is 0 Å². The molecule has 0 aromatic carbocycles. The van der Waals surface area contributed by atoms with Crippen LogP contribution in [-0.2, 0) is 23.5 Å². The van der Waals surface area contributed by atoms with Gasteiger partial charge in [0.05, 0.1) is 24.0 Å². The Bertz CT molecular complexity index is 594. The van der Waals surface area contributed by atoms with E-state index >= 15 is 0 Å². The molecular weight excluding hydrogens is 388 g/mol. The Morgan fingerprint density at radius 1 is 0.793 bits per heavy atom. The highest BCUT2D eigenvalue weighted by atomic mass is 28.4. The first-order valence-corrected chi connectivity index (χ1v) is 13.5. The number of hydrogen-bond acceptors (Lipinski definition) is 6. The summed E-state index contributed by atoms with van der Waals surface area (Å²) in [5, 5.41) is 10.8. The normalized spacial score (nSPS) is 26.8.